The predicted molar refractivity (Wildman–Crippen MR) is 156 cm³/mol. The average molecular weight is 618 g/mol. The molecule has 1 aliphatic heterocycles. The van der Waals surface area contributed by atoms with E-state index in [9.17, 15) is 23.2 Å². The van der Waals surface area contributed by atoms with Crippen LogP contribution in [0.1, 0.15) is 64.8 Å². The van der Waals surface area contributed by atoms with Gasteiger partial charge in [-0.25, -0.2) is 13.1 Å². The van der Waals surface area contributed by atoms with Crippen molar-refractivity contribution in [2.45, 2.75) is 56.3 Å². The maximum Gasteiger partial charge on any atom is 0.255 e. The summed E-state index contributed by atoms with van der Waals surface area (Å²) in [6.07, 6.45) is 5.11. The molecule has 1 aromatic heterocycles. The SMILES string of the molecule is CS(=O)(=O)N[C@H]1CCCC[C@@H]1N1C(=O)c2ccccc2[C@@H](C(=O)NCc2cccc[n+]2[O-])[C@@H]1c1ccc(Cl)cc1Cl. The summed E-state index contributed by atoms with van der Waals surface area (Å²) in [6, 6.07) is 14.8. The van der Waals surface area contributed by atoms with E-state index in [1.807, 2.05) is 0 Å². The van der Waals surface area contributed by atoms with Gasteiger partial charge in [-0.15, -0.1) is 0 Å². The molecule has 2 N–H and O–H groups in total. The van der Waals surface area contributed by atoms with Crippen molar-refractivity contribution in [1.82, 2.24) is 14.9 Å². The molecule has 0 spiro atoms. The van der Waals surface area contributed by atoms with Crippen molar-refractivity contribution in [2.24, 2.45) is 0 Å². The molecule has 2 aromatic carbocycles. The molecule has 0 unspecified atom stereocenters. The van der Waals surface area contributed by atoms with Gasteiger partial charge in [0, 0.05) is 39.8 Å². The minimum atomic E-state index is -3.59. The molecule has 9 nitrogen and oxygen atoms in total. The lowest BCUT2D eigenvalue weighted by Crippen LogP contribution is -2.59. The number of carbonyl (C=O) groups excluding carboxylic acids is 2. The van der Waals surface area contributed by atoms with E-state index in [1.165, 1.54) is 6.20 Å². The molecule has 1 fully saturated rings. The van der Waals surface area contributed by atoms with Crippen LogP contribution in [-0.2, 0) is 21.4 Å². The Kier molecular flexibility index (Phi) is 8.56. The molecule has 2 amide bonds. The Bertz CT molecular complexity index is 1580. The summed E-state index contributed by atoms with van der Waals surface area (Å²) in [5.74, 6) is -1.63. The van der Waals surface area contributed by atoms with Crippen LogP contribution in [0.4, 0.5) is 0 Å². The van der Waals surface area contributed by atoms with Crippen LogP contribution in [0.5, 0.6) is 0 Å². The zero-order chi connectivity index (χ0) is 29.3. The Hall–Kier alpha value is -3.18. The van der Waals surface area contributed by atoms with Gasteiger partial charge >= 0.3 is 0 Å². The summed E-state index contributed by atoms with van der Waals surface area (Å²) in [7, 11) is -3.59. The van der Waals surface area contributed by atoms with Gasteiger partial charge in [0.05, 0.1) is 18.2 Å². The third-order valence-electron chi connectivity index (χ3n) is 7.74. The topological polar surface area (TPSA) is 123 Å². The largest absolute Gasteiger partial charge is 0.618 e. The first-order chi connectivity index (χ1) is 19.5. The number of nitrogens with one attached hydrogen (secondary N) is 2. The number of hydrogen-bond acceptors (Lipinski definition) is 5. The van der Waals surface area contributed by atoms with Crippen molar-refractivity contribution in [3.8, 4) is 0 Å². The van der Waals surface area contributed by atoms with E-state index in [2.05, 4.69) is 10.0 Å². The summed E-state index contributed by atoms with van der Waals surface area (Å²) in [4.78, 5) is 30.0. The van der Waals surface area contributed by atoms with Gasteiger partial charge in [0.1, 0.15) is 6.54 Å². The normalized spacial score (nSPS) is 22.7. The smallest absolute Gasteiger partial charge is 0.255 e. The molecule has 1 saturated carbocycles. The molecule has 2 heterocycles. The third kappa shape index (κ3) is 6.21. The van der Waals surface area contributed by atoms with E-state index in [0.717, 1.165) is 19.1 Å². The van der Waals surface area contributed by atoms with Crippen LogP contribution in [-0.4, -0.2) is 43.5 Å². The van der Waals surface area contributed by atoms with Crippen molar-refractivity contribution < 1.29 is 22.7 Å². The molecule has 3 aromatic rings. The summed E-state index contributed by atoms with van der Waals surface area (Å²) >= 11 is 13.0. The minimum Gasteiger partial charge on any atom is -0.618 e. The van der Waals surface area contributed by atoms with E-state index >= 15 is 0 Å². The molecule has 4 atom stereocenters. The number of rotatable bonds is 7. The molecule has 41 heavy (non-hydrogen) atoms. The fraction of sp³-hybridized carbons (Fsp3) is 0.345. The standard InChI is InChI=1S/C29H30Cl2N4O5S/c1-41(39,40)33-24-11-4-5-12-25(24)35-27(22-14-13-18(30)16-23(22)31)26(20-9-2-3-10-21(20)29(35)37)28(36)32-17-19-8-6-7-15-34(19)38/h2-3,6-10,13-16,24-27,33H,4-5,11-12,17H2,1H3,(H,32,36)/t24-,25-,26+,27-/m0/s1. The number of hydrogen-bond donors (Lipinski definition) is 2. The molecular formula is C29H30Cl2N4O5S. The maximum absolute atomic E-state index is 14.3. The predicted octanol–water partition coefficient (Wildman–Crippen LogP) is 4.08. The molecular weight excluding hydrogens is 587 g/mol. The van der Waals surface area contributed by atoms with Crippen LogP contribution in [0.3, 0.4) is 0 Å². The molecule has 12 heteroatoms. The van der Waals surface area contributed by atoms with Crippen molar-refractivity contribution in [3.63, 3.8) is 0 Å². The van der Waals surface area contributed by atoms with Crippen molar-refractivity contribution in [3.05, 3.63) is 104 Å². The number of benzene rings is 2. The molecule has 5 rings (SSSR count). The third-order valence-corrected chi connectivity index (χ3v) is 9.03. The lowest BCUT2D eigenvalue weighted by molar-refractivity contribution is -0.614. The highest BCUT2D eigenvalue weighted by Crippen LogP contribution is 2.47. The second kappa shape index (κ2) is 12.0. The zero-order valence-corrected chi connectivity index (χ0v) is 24.6. The number of halogens is 2. The van der Waals surface area contributed by atoms with E-state index in [-0.39, 0.29) is 17.5 Å². The zero-order valence-electron chi connectivity index (χ0n) is 22.3. The number of aromatic nitrogens is 1. The van der Waals surface area contributed by atoms with Crippen molar-refractivity contribution in [2.75, 3.05) is 6.26 Å². The van der Waals surface area contributed by atoms with Gasteiger partial charge in [-0.2, -0.15) is 4.73 Å². The van der Waals surface area contributed by atoms with Crippen LogP contribution in [0, 0.1) is 5.21 Å². The van der Waals surface area contributed by atoms with Gasteiger partial charge in [-0.3, -0.25) is 9.59 Å². The highest BCUT2D eigenvalue weighted by atomic mass is 35.5. The minimum absolute atomic E-state index is 0.0292. The van der Waals surface area contributed by atoms with E-state index in [0.29, 0.717) is 45.0 Å². The van der Waals surface area contributed by atoms with Crippen LogP contribution in [0.2, 0.25) is 10.0 Å². The summed E-state index contributed by atoms with van der Waals surface area (Å²) < 4.78 is 28.1. The first kappa shape index (κ1) is 29.3. The molecule has 1 aliphatic carbocycles. The fourth-order valence-corrected chi connectivity index (χ4v) is 7.36. The molecule has 0 radical (unpaired) electrons. The summed E-state index contributed by atoms with van der Waals surface area (Å²) in [5.41, 5.74) is 1.75. The number of sulfonamides is 1. The Morgan fingerprint density at radius 2 is 1.78 bits per heavy atom. The number of pyridine rings is 1. The Balaban J connectivity index is 1.65. The van der Waals surface area contributed by atoms with Gasteiger partial charge < -0.3 is 15.4 Å². The second-order valence-electron chi connectivity index (χ2n) is 10.5. The van der Waals surface area contributed by atoms with Crippen LogP contribution in [0.25, 0.3) is 0 Å². The first-order valence-electron chi connectivity index (χ1n) is 13.3. The van der Waals surface area contributed by atoms with Crippen molar-refractivity contribution in [1.29, 1.82) is 0 Å². The maximum atomic E-state index is 14.3. The lowest BCUT2D eigenvalue weighted by Gasteiger charge is -2.49. The highest BCUT2D eigenvalue weighted by molar-refractivity contribution is 7.88. The van der Waals surface area contributed by atoms with Gasteiger partial charge in [0.2, 0.25) is 21.6 Å². The van der Waals surface area contributed by atoms with Crippen LogP contribution >= 0.6 is 23.2 Å². The van der Waals surface area contributed by atoms with E-state index in [1.54, 1.807) is 65.6 Å². The number of fused-ring (bicyclic) bond motifs is 1. The van der Waals surface area contributed by atoms with E-state index < -0.39 is 40.0 Å². The summed E-state index contributed by atoms with van der Waals surface area (Å²) in [5, 5.41) is 15.8. The quantitative estimate of drug-likeness (QED) is 0.306. The second-order valence-corrected chi connectivity index (χ2v) is 13.1. The number of amides is 2. The Labute approximate surface area is 249 Å². The van der Waals surface area contributed by atoms with Gasteiger partial charge in [-0.05, 0) is 48.2 Å². The van der Waals surface area contributed by atoms with Gasteiger partial charge in [-0.1, -0.05) is 60.3 Å². The van der Waals surface area contributed by atoms with Crippen LogP contribution in [0.15, 0.2) is 66.9 Å². The van der Waals surface area contributed by atoms with Gasteiger partial charge in [0.15, 0.2) is 6.20 Å². The van der Waals surface area contributed by atoms with Gasteiger partial charge in [0.25, 0.3) is 5.91 Å². The average Bonchev–Trinajstić information content (AvgIpc) is 2.92. The fourth-order valence-electron chi connectivity index (χ4n) is 6.02. The molecule has 216 valence electrons. The summed E-state index contributed by atoms with van der Waals surface area (Å²) in [6.45, 7) is -0.0292. The molecule has 0 saturated heterocycles. The van der Waals surface area contributed by atoms with Crippen LogP contribution < -0.4 is 14.8 Å². The number of carbonyl (C=O) groups is 2. The molecule has 0 bridgehead atoms. The van der Waals surface area contributed by atoms with Crippen molar-refractivity contribution >= 4 is 45.0 Å². The number of nitrogens with zero attached hydrogens (tertiary/aromatic N) is 2. The highest BCUT2D eigenvalue weighted by Gasteiger charge is 2.49. The molecule has 2 aliphatic rings. The first-order valence-corrected chi connectivity index (χ1v) is 16.0. The lowest BCUT2D eigenvalue weighted by atomic mass is 9.76. The van der Waals surface area contributed by atoms with E-state index in [4.69, 9.17) is 23.2 Å². The Morgan fingerprint density at radius 3 is 2.51 bits per heavy atom. The monoisotopic (exact) mass is 616 g/mol. The Morgan fingerprint density at radius 1 is 1.05 bits per heavy atom.